The Hall–Kier alpha value is -1.86. The predicted molar refractivity (Wildman–Crippen MR) is 110 cm³/mol. The molecular weight excluding hydrogens is 380 g/mol. The molecule has 1 amide bonds. The predicted octanol–water partition coefficient (Wildman–Crippen LogP) is 4.09. The number of nitrogens with zero attached hydrogens (tertiary/aromatic N) is 1. The third-order valence-corrected chi connectivity index (χ3v) is 8.02. The first-order valence-electron chi connectivity index (χ1n) is 9.39. The van der Waals surface area contributed by atoms with E-state index >= 15 is 0 Å². The van der Waals surface area contributed by atoms with Crippen molar-refractivity contribution in [2.45, 2.75) is 55.7 Å². The number of nitrogens with one attached hydrogen (secondary N) is 1. The van der Waals surface area contributed by atoms with Crippen LogP contribution in [0.3, 0.4) is 0 Å². The van der Waals surface area contributed by atoms with Crippen molar-refractivity contribution in [1.29, 1.82) is 0 Å². The van der Waals surface area contributed by atoms with Crippen molar-refractivity contribution in [3.8, 4) is 0 Å². The van der Waals surface area contributed by atoms with E-state index in [2.05, 4.69) is 5.32 Å². The Bertz CT molecular complexity index is 838. The SMILES string of the molecule is Cc1ccc(N(CC(=O)NC2CCCCCC2)S(=O)(=O)c2cccs2)cc1. The Labute approximate surface area is 165 Å². The van der Waals surface area contributed by atoms with Gasteiger partial charge in [-0.2, -0.15) is 0 Å². The Morgan fingerprint density at radius 2 is 1.78 bits per heavy atom. The summed E-state index contributed by atoms with van der Waals surface area (Å²) in [6.45, 7) is 1.74. The van der Waals surface area contributed by atoms with Gasteiger partial charge in [0.15, 0.2) is 0 Å². The molecule has 1 fully saturated rings. The summed E-state index contributed by atoms with van der Waals surface area (Å²) in [7, 11) is -3.78. The van der Waals surface area contributed by atoms with Gasteiger partial charge in [0.05, 0.1) is 5.69 Å². The molecule has 1 saturated carbocycles. The molecule has 1 aromatic carbocycles. The van der Waals surface area contributed by atoms with Crippen molar-refractivity contribution >= 4 is 33.0 Å². The molecule has 0 bridgehead atoms. The van der Waals surface area contributed by atoms with Gasteiger partial charge in [-0.25, -0.2) is 8.42 Å². The molecular formula is C20H26N2O3S2. The lowest BCUT2D eigenvalue weighted by Crippen LogP contribution is -2.44. The summed E-state index contributed by atoms with van der Waals surface area (Å²) in [6.07, 6.45) is 6.56. The molecule has 0 spiro atoms. The fraction of sp³-hybridized carbons (Fsp3) is 0.450. The van der Waals surface area contributed by atoms with Gasteiger partial charge in [-0.15, -0.1) is 11.3 Å². The van der Waals surface area contributed by atoms with Crippen molar-refractivity contribution in [2.24, 2.45) is 0 Å². The highest BCUT2D eigenvalue weighted by molar-refractivity contribution is 7.94. The first-order chi connectivity index (χ1) is 13.0. The largest absolute Gasteiger partial charge is 0.352 e. The van der Waals surface area contributed by atoms with Gasteiger partial charge >= 0.3 is 0 Å². The molecule has 0 radical (unpaired) electrons. The monoisotopic (exact) mass is 406 g/mol. The van der Waals surface area contributed by atoms with Gasteiger partial charge < -0.3 is 5.32 Å². The van der Waals surface area contributed by atoms with E-state index in [-0.39, 0.29) is 22.7 Å². The average molecular weight is 407 g/mol. The van der Waals surface area contributed by atoms with E-state index in [1.54, 1.807) is 29.6 Å². The van der Waals surface area contributed by atoms with Crippen LogP contribution in [-0.4, -0.2) is 26.9 Å². The molecule has 1 aromatic heterocycles. The number of benzene rings is 1. The van der Waals surface area contributed by atoms with E-state index in [1.807, 2.05) is 19.1 Å². The number of aryl methyl sites for hydroxylation is 1. The first-order valence-corrected chi connectivity index (χ1v) is 11.7. The zero-order valence-electron chi connectivity index (χ0n) is 15.6. The highest BCUT2D eigenvalue weighted by Gasteiger charge is 2.28. The second-order valence-electron chi connectivity index (χ2n) is 7.04. The number of carbonyl (C=O) groups excluding carboxylic acids is 1. The van der Waals surface area contributed by atoms with Gasteiger partial charge in [-0.3, -0.25) is 9.10 Å². The molecule has 27 heavy (non-hydrogen) atoms. The Morgan fingerprint density at radius 1 is 1.11 bits per heavy atom. The molecule has 1 heterocycles. The van der Waals surface area contributed by atoms with Crippen molar-refractivity contribution in [3.05, 3.63) is 47.3 Å². The Kier molecular flexibility index (Phi) is 6.55. The van der Waals surface area contributed by atoms with Gasteiger partial charge in [-0.05, 0) is 43.3 Å². The molecule has 0 aliphatic heterocycles. The number of carbonyl (C=O) groups is 1. The van der Waals surface area contributed by atoms with Gasteiger partial charge in [0.25, 0.3) is 10.0 Å². The van der Waals surface area contributed by atoms with Crippen molar-refractivity contribution in [3.63, 3.8) is 0 Å². The number of amides is 1. The third kappa shape index (κ3) is 5.11. The van der Waals surface area contributed by atoms with Crippen LogP contribution in [0.15, 0.2) is 46.0 Å². The number of rotatable bonds is 6. The third-order valence-electron chi connectivity index (χ3n) is 4.87. The van der Waals surface area contributed by atoms with Crippen LogP contribution in [0.25, 0.3) is 0 Å². The quantitative estimate of drug-likeness (QED) is 0.735. The molecule has 0 saturated heterocycles. The standard InChI is InChI=1S/C20H26N2O3S2/c1-16-10-12-18(13-11-16)22(27(24,25)20-9-6-14-26-20)15-19(23)21-17-7-4-2-3-5-8-17/h6,9-14,17H,2-5,7-8,15H2,1H3,(H,21,23). The topological polar surface area (TPSA) is 66.5 Å². The summed E-state index contributed by atoms with van der Waals surface area (Å²) in [5.74, 6) is -0.248. The van der Waals surface area contributed by atoms with Gasteiger partial charge in [0.2, 0.25) is 5.91 Å². The van der Waals surface area contributed by atoms with Gasteiger partial charge in [-0.1, -0.05) is 49.4 Å². The van der Waals surface area contributed by atoms with E-state index in [9.17, 15) is 13.2 Å². The maximum atomic E-state index is 13.1. The van der Waals surface area contributed by atoms with Crippen molar-refractivity contribution in [1.82, 2.24) is 5.32 Å². The number of thiophene rings is 1. The molecule has 0 atom stereocenters. The number of hydrogen-bond donors (Lipinski definition) is 1. The molecule has 7 heteroatoms. The van der Waals surface area contributed by atoms with Crippen LogP contribution >= 0.6 is 11.3 Å². The van der Waals surface area contributed by atoms with Crippen LogP contribution in [0.5, 0.6) is 0 Å². The highest BCUT2D eigenvalue weighted by Crippen LogP contribution is 2.27. The van der Waals surface area contributed by atoms with E-state index < -0.39 is 10.0 Å². The van der Waals surface area contributed by atoms with Gasteiger partial charge in [0.1, 0.15) is 10.8 Å². The van der Waals surface area contributed by atoms with Crippen LogP contribution in [0.1, 0.15) is 44.1 Å². The highest BCUT2D eigenvalue weighted by atomic mass is 32.2. The van der Waals surface area contributed by atoms with E-state index in [4.69, 9.17) is 0 Å². The summed E-state index contributed by atoms with van der Waals surface area (Å²) in [6, 6.07) is 10.6. The molecule has 5 nitrogen and oxygen atoms in total. The minimum atomic E-state index is -3.78. The fourth-order valence-corrected chi connectivity index (χ4v) is 5.90. The lowest BCUT2D eigenvalue weighted by molar-refractivity contribution is -0.120. The zero-order valence-corrected chi connectivity index (χ0v) is 17.2. The minimum Gasteiger partial charge on any atom is -0.352 e. The molecule has 1 N–H and O–H groups in total. The second kappa shape index (κ2) is 8.89. The van der Waals surface area contributed by atoms with Crippen LogP contribution in [0.4, 0.5) is 5.69 Å². The Morgan fingerprint density at radius 3 is 2.37 bits per heavy atom. The second-order valence-corrected chi connectivity index (χ2v) is 10.1. The minimum absolute atomic E-state index is 0.143. The normalized spacial score (nSPS) is 15.9. The molecule has 1 aliphatic carbocycles. The summed E-state index contributed by atoms with van der Waals surface area (Å²) < 4.78 is 27.7. The number of hydrogen-bond acceptors (Lipinski definition) is 4. The lowest BCUT2D eigenvalue weighted by Gasteiger charge is -2.25. The van der Waals surface area contributed by atoms with Crippen LogP contribution in [0, 0.1) is 6.92 Å². The summed E-state index contributed by atoms with van der Waals surface area (Å²) in [5, 5.41) is 4.77. The molecule has 3 rings (SSSR count). The molecule has 0 unspecified atom stereocenters. The molecule has 2 aromatic rings. The van der Waals surface area contributed by atoms with Crippen molar-refractivity contribution < 1.29 is 13.2 Å². The van der Waals surface area contributed by atoms with E-state index in [1.165, 1.54) is 17.1 Å². The fourth-order valence-electron chi connectivity index (χ4n) is 3.37. The van der Waals surface area contributed by atoms with E-state index in [0.717, 1.165) is 42.6 Å². The summed E-state index contributed by atoms with van der Waals surface area (Å²) in [5.41, 5.74) is 1.54. The molecule has 1 aliphatic rings. The zero-order chi connectivity index (χ0) is 19.3. The number of anilines is 1. The van der Waals surface area contributed by atoms with Crippen molar-refractivity contribution in [2.75, 3.05) is 10.8 Å². The van der Waals surface area contributed by atoms with Crippen LogP contribution in [-0.2, 0) is 14.8 Å². The summed E-state index contributed by atoms with van der Waals surface area (Å²) in [4.78, 5) is 12.7. The maximum absolute atomic E-state index is 13.1. The van der Waals surface area contributed by atoms with Crippen LogP contribution < -0.4 is 9.62 Å². The summed E-state index contributed by atoms with van der Waals surface area (Å²) >= 11 is 1.16. The smallest absolute Gasteiger partial charge is 0.274 e. The molecule has 146 valence electrons. The Balaban J connectivity index is 1.81. The lowest BCUT2D eigenvalue weighted by atomic mass is 10.1. The average Bonchev–Trinajstić information content (AvgIpc) is 3.08. The van der Waals surface area contributed by atoms with Gasteiger partial charge in [0, 0.05) is 6.04 Å². The number of sulfonamides is 1. The van der Waals surface area contributed by atoms with E-state index in [0.29, 0.717) is 5.69 Å². The maximum Gasteiger partial charge on any atom is 0.274 e. The van der Waals surface area contributed by atoms with Crippen LogP contribution in [0.2, 0.25) is 0 Å². The first kappa shape index (κ1) is 19.9.